The van der Waals surface area contributed by atoms with Crippen molar-refractivity contribution in [2.45, 2.75) is 25.9 Å². The minimum Gasteiger partial charge on any atom is -0.485 e. The van der Waals surface area contributed by atoms with Gasteiger partial charge in [-0.2, -0.15) is 0 Å². The first-order valence-electron chi connectivity index (χ1n) is 10.3. The van der Waals surface area contributed by atoms with Crippen molar-refractivity contribution in [3.05, 3.63) is 59.7 Å². The van der Waals surface area contributed by atoms with Crippen molar-refractivity contribution in [2.75, 3.05) is 11.9 Å². The van der Waals surface area contributed by atoms with E-state index < -0.39 is 0 Å². The lowest BCUT2D eigenvalue weighted by atomic mass is 9.79. The summed E-state index contributed by atoms with van der Waals surface area (Å²) in [6, 6.07) is 14.3. The number of aryl methyl sites for hydroxylation is 1. The fourth-order valence-corrected chi connectivity index (χ4v) is 5.19. The molecule has 1 heterocycles. The molecule has 3 fully saturated rings. The molecule has 1 amide bonds. The fourth-order valence-electron chi connectivity index (χ4n) is 5.19. The lowest BCUT2D eigenvalue weighted by Crippen LogP contribution is -2.35. The van der Waals surface area contributed by atoms with Crippen LogP contribution in [0.4, 0.5) is 5.69 Å². The Labute approximate surface area is 174 Å². The zero-order valence-corrected chi connectivity index (χ0v) is 16.7. The highest BCUT2D eigenvalue weighted by atomic mass is 16.6. The van der Waals surface area contributed by atoms with Crippen molar-refractivity contribution >= 4 is 23.3 Å². The molecule has 1 saturated heterocycles. The summed E-state index contributed by atoms with van der Waals surface area (Å²) in [5.74, 6) is -0.0263. The highest BCUT2D eigenvalue weighted by molar-refractivity contribution is 5.98. The van der Waals surface area contributed by atoms with E-state index >= 15 is 0 Å². The first-order valence-corrected chi connectivity index (χ1v) is 10.3. The zero-order chi connectivity index (χ0) is 20.8. The molecule has 1 aliphatic heterocycles. The largest absolute Gasteiger partial charge is 0.485 e. The summed E-state index contributed by atoms with van der Waals surface area (Å²) < 4.78 is 11.0. The van der Waals surface area contributed by atoms with E-state index in [9.17, 15) is 14.4 Å². The van der Waals surface area contributed by atoms with Crippen molar-refractivity contribution in [3.8, 4) is 5.75 Å². The summed E-state index contributed by atoms with van der Waals surface area (Å²) in [5, 5.41) is 2.93. The molecule has 154 valence electrons. The van der Waals surface area contributed by atoms with E-state index in [0.717, 1.165) is 18.4 Å². The van der Waals surface area contributed by atoms with Crippen molar-refractivity contribution in [2.24, 2.45) is 23.7 Å². The topological polar surface area (TPSA) is 81.7 Å². The number of hydrogen-bond acceptors (Lipinski definition) is 5. The van der Waals surface area contributed by atoms with Crippen LogP contribution in [0.1, 0.15) is 28.8 Å². The van der Waals surface area contributed by atoms with Gasteiger partial charge in [-0.05, 0) is 49.9 Å². The second kappa shape index (κ2) is 7.27. The normalized spacial score (nSPS) is 28.3. The van der Waals surface area contributed by atoms with Crippen LogP contribution in [-0.4, -0.2) is 30.4 Å². The number of fused-ring (bicyclic) bond motifs is 1. The predicted octanol–water partition coefficient (Wildman–Crippen LogP) is 3.39. The summed E-state index contributed by atoms with van der Waals surface area (Å²) in [5.41, 5.74) is 2.35. The molecular formula is C24H23NO5. The summed E-state index contributed by atoms with van der Waals surface area (Å²) >= 11 is 0. The fraction of sp³-hybridized carbons (Fsp3) is 0.375. The van der Waals surface area contributed by atoms with Gasteiger partial charge in [0.05, 0.1) is 11.8 Å². The Balaban J connectivity index is 1.17. The van der Waals surface area contributed by atoms with E-state index in [1.165, 1.54) is 0 Å². The van der Waals surface area contributed by atoms with Crippen LogP contribution in [0, 0.1) is 30.6 Å². The molecule has 6 heteroatoms. The second-order valence-electron chi connectivity index (χ2n) is 8.51. The second-order valence-corrected chi connectivity index (χ2v) is 8.51. The number of hydrogen-bond donors (Lipinski definition) is 1. The maximum atomic E-state index is 12.8. The van der Waals surface area contributed by atoms with Crippen molar-refractivity contribution in [1.82, 2.24) is 0 Å². The number of anilines is 1. The number of carbonyl (C=O) groups excluding carboxylic acids is 3. The van der Waals surface area contributed by atoms with Crippen LogP contribution in [-0.2, 0) is 14.3 Å². The lowest BCUT2D eigenvalue weighted by Gasteiger charge is -2.23. The average molecular weight is 405 g/mol. The van der Waals surface area contributed by atoms with Gasteiger partial charge in [-0.3, -0.25) is 14.4 Å². The maximum absolute atomic E-state index is 12.8. The minimum atomic E-state index is -0.302. The van der Waals surface area contributed by atoms with Gasteiger partial charge < -0.3 is 14.8 Å². The molecular weight excluding hydrogens is 382 g/mol. The molecule has 0 aromatic heterocycles. The van der Waals surface area contributed by atoms with Crippen molar-refractivity contribution in [3.63, 3.8) is 0 Å². The van der Waals surface area contributed by atoms with Crippen LogP contribution in [0.5, 0.6) is 5.75 Å². The van der Waals surface area contributed by atoms with Crippen LogP contribution >= 0.6 is 0 Å². The molecule has 1 N–H and O–H groups in total. The molecule has 6 nitrogen and oxygen atoms in total. The van der Waals surface area contributed by atoms with Crippen LogP contribution in [0.25, 0.3) is 0 Å². The number of amides is 1. The Bertz CT molecular complexity index is 995. The summed E-state index contributed by atoms with van der Waals surface area (Å²) in [6.07, 6.45) is 1.73. The molecule has 2 saturated carbocycles. The summed E-state index contributed by atoms with van der Waals surface area (Å²) in [6.45, 7) is 1.92. The first-order chi connectivity index (χ1) is 14.5. The smallest absolute Gasteiger partial charge is 0.310 e. The van der Waals surface area contributed by atoms with Crippen molar-refractivity contribution in [1.29, 1.82) is 0 Å². The maximum Gasteiger partial charge on any atom is 0.310 e. The van der Waals surface area contributed by atoms with Crippen LogP contribution in [0.15, 0.2) is 48.5 Å². The average Bonchev–Trinajstić information content (AvgIpc) is 3.36. The Kier molecular flexibility index (Phi) is 4.57. The number of benzene rings is 2. The number of esters is 1. The molecule has 2 aromatic rings. The van der Waals surface area contributed by atoms with E-state index in [-0.39, 0.29) is 54.0 Å². The number of ketones is 1. The van der Waals surface area contributed by atoms with Crippen molar-refractivity contribution < 1.29 is 23.9 Å². The lowest BCUT2D eigenvalue weighted by molar-refractivity contribution is -0.145. The number of carbonyl (C=O) groups is 3. The predicted molar refractivity (Wildman–Crippen MR) is 109 cm³/mol. The van der Waals surface area contributed by atoms with Gasteiger partial charge in [0, 0.05) is 17.2 Å². The Hall–Kier alpha value is -3.15. The SMILES string of the molecule is Cc1ccc(C(=O)COc2ccc(NC(=O)[C@@H]3[C@@H]4C[C@@H]5[C@@H]3C(=O)O[C@@H]5C4)cc2)cc1. The van der Waals surface area contributed by atoms with Gasteiger partial charge in [0.25, 0.3) is 0 Å². The van der Waals surface area contributed by atoms with Crippen LogP contribution in [0.3, 0.4) is 0 Å². The Morgan fingerprint density at radius 2 is 1.80 bits per heavy atom. The highest BCUT2D eigenvalue weighted by Crippen LogP contribution is 2.57. The Morgan fingerprint density at radius 1 is 1.07 bits per heavy atom. The molecule has 0 spiro atoms. The third-order valence-electron chi connectivity index (χ3n) is 6.65. The van der Waals surface area contributed by atoms with Crippen LogP contribution < -0.4 is 10.1 Å². The van der Waals surface area contributed by atoms with E-state index in [4.69, 9.17) is 9.47 Å². The summed E-state index contributed by atoms with van der Waals surface area (Å²) in [7, 11) is 0. The standard InChI is InChI=1S/C24H23NO5/c1-13-2-4-14(5-3-13)19(26)12-29-17-8-6-16(7-9-17)25-23(27)21-15-10-18-20(11-15)30-24(28)22(18)21/h2-9,15,18,20-22H,10-12H2,1H3,(H,25,27)/t15-,18+,20-,21-,22+/m1/s1. The molecule has 3 aliphatic rings. The molecule has 2 bridgehead atoms. The third-order valence-corrected chi connectivity index (χ3v) is 6.65. The van der Waals surface area contributed by atoms with Gasteiger partial charge in [-0.15, -0.1) is 0 Å². The minimum absolute atomic E-state index is 0.0237. The van der Waals surface area contributed by atoms with Crippen LogP contribution in [0.2, 0.25) is 0 Å². The van der Waals surface area contributed by atoms with E-state index in [1.54, 1.807) is 36.4 Å². The zero-order valence-electron chi connectivity index (χ0n) is 16.7. The van der Waals surface area contributed by atoms with Gasteiger partial charge >= 0.3 is 5.97 Å². The van der Waals surface area contributed by atoms with Gasteiger partial charge in [0.2, 0.25) is 5.91 Å². The third kappa shape index (κ3) is 3.26. The van der Waals surface area contributed by atoms with E-state index in [1.807, 2.05) is 19.1 Å². The molecule has 30 heavy (non-hydrogen) atoms. The Morgan fingerprint density at radius 3 is 2.53 bits per heavy atom. The van der Waals surface area contributed by atoms with Gasteiger partial charge in [-0.25, -0.2) is 0 Å². The molecule has 2 aromatic carbocycles. The van der Waals surface area contributed by atoms with Gasteiger partial charge in [0.15, 0.2) is 12.4 Å². The first kappa shape index (κ1) is 18.9. The monoisotopic (exact) mass is 405 g/mol. The van der Waals surface area contributed by atoms with Gasteiger partial charge in [0.1, 0.15) is 11.9 Å². The molecule has 0 unspecified atom stereocenters. The number of rotatable bonds is 6. The molecule has 2 aliphatic carbocycles. The molecule has 5 atom stereocenters. The molecule has 0 radical (unpaired) electrons. The quantitative estimate of drug-likeness (QED) is 0.589. The number of Topliss-reactive ketones (excluding diaryl/α,β-unsaturated/α-hetero) is 1. The van der Waals surface area contributed by atoms with E-state index in [0.29, 0.717) is 17.0 Å². The van der Waals surface area contributed by atoms with Gasteiger partial charge in [-0.1, -0.05) is 29.8 Å². The molecule has 5 rings (SSSR count). The van der Waals surface area contributed by atoms with E-state index in [2.05, 4.69) is 5.32 Å². The number of nitrogens with one attached hydrogen (secondary N) is 1. The highest BCUT2D eigenvalue weighted by Gasteiger charge is 2.63. The summed E-state index contributed by atoms with van der Waals surface area (Å²) in [4.78, 5) is 37.1. The number of ether oxygens (including phenoxy) is 2.